The van der Waals surface area contributed by atoms with Gasteiger partial charge >= 0.3 is 0 Å². The molecule has 0 aliphatic rings. The molecule has 0 atom stereocenters. The van der Waals surface area contributed by atoms with E-state index in [1.54, 1.807) is 0 Å². The second kappa shape index (κ2) is 9.16. The largest absolute Gasteiger partial charge is 0.331 e. The number of hydrogen-bond acceptors (Lipinski definition) is 1. The fourth-order valence-corrected chi connectivity index (χ4v) is 0. The summed E-state index contributed by atoms with van der Waals surface area (Å²) in [6, 6.07) is 0. The molecule has 0 saturated carbocycles. The van der Waals surface area contributed by atoms with Gasteiger partial charge in [0.05, 0.1) is 0 Å². The molecule has 0 aromatic heterocycles. The van der Waals surface area contributed by atoms with Crippen LogP contribution in [0.4, 0.5) is 0 Å². The minimum atomic E-state index is 0. The smallest absolute Gasteiger partial charge is 0 e. The molecule has 4 heavy (non-hydrogen) atoms. The molecule has 0 aliphatic carbocycles. The Morgan fingerprint density at radius 2 is 1.75 bits per heavy atom. The SMILES string of the molecule is CCN.[Hf]. The summed E-state index contributed by atoms with van der Waals surface area (Å²) in [5, 5.41) is 0. The van der Waals surface area contributed by atoms with Crippen molar-refractivity contribution >= 4 is 0 Å². The van der Waals surface area contributed by atoms with Gasteiger partial charge in [-0.1, -0.05) is 6.92 Å². The van der Waals surface area contributed by atoms with Crippen LogP contribution in [0.2, 0.25) is 0 Å². The van der Waals surface area contributed by atoms with E-state index in [4.69, 9.17) is 5.73 Å². The molecule has 0 spiro atoms. The van der Waals surface area contributed by atoms with Gasteiger partial charge in [-0.2, -0.15) is 0 Å². The van der Waals surface area contributed by atoms with Crippen molar-refractivity contribution in [3.05, 3.63) is 0 Å². The summed E-state index contributed by atoms with van der Waals surface area (Å²) < 4.78 is 0. The van der Waals surface area contributed by atoms with Crippen LogP contribution in [-0.2, 0) is 25.8 Å². The van der Waals surface area contributed by atoms with Gasteiger partial charge in [0.2, 0.25) is 0 Å². The van der Waals surface area contributed by atoms with Crippen LogP contribution < -0.4 is 5.73 Å². The van der Waals surface area contributed by atoms with Crippen molar-refractivity contribution < 1.29 is 25.8 Å². The maximum Gasteiger partial charge on any atom is 0 e. The van der Waals surface area contributed by atoms with Crippen molar-refractivity contribution in [1.82, 2.24) is 0 Å². The third kappa shape index (κ3) is 13.8. The summed E-state index contributed by atoms with van der Waals surface area (Å²) in [6.45, 7) is 2.65. The van der Waals surface area contributed by atoms with Crippen molar-refractivity contribution in [3.8, 4) is 0 Å². The molecule has 0 aromatic carbocycles. The molecule has 0 saturated heterocycles. The van der Waals surface area contributed by atoms with Gasteiger partial charge in [0.25, 0.3) is 0 Å². The van der Waals surface area contributed by atoms with Crippen LogP contribution in [0.1, 0.15) is 6.92 Å². The standard InChI is InChI=1S/C2H7N.Hf/c1-2-3;/h2-3H2,1H3;. The number of rotatable bonds is 0. The van der Waals surface area contributed by atoms with Gasteiger partial charge in [-0.05, 0) is 6.54 Å². The predicted molar refractivity (Wildman–Crippen MR) is 14.7 cm³/mol. The summed E-state index contributed by atoms with van der Waals surface area (Å²) >= 11 is 0. The van der Waals surface area contributed by atoms with Gasteiger partial charge in [-0.3, -0.25) is 0 Å². The molecule has 2 N–H and O–H groups in total. The van der Waals surface area contributed by atoms with Gasteiger partial charge in [0, 0.05) is 25.8 Å². The Hall–Kier alpha value is 0.830. The van der Waals surface area contributed by atoms with Crippen molar-refractivity contribution in [2.24, 2.45) is 5.73 Å². The average Bonchev–Trinajstić information content (AvgIpc) is 0.918. The van der Waals surface area contributed by atoms with E-state index in [0.29, 0.717) is 0 Å². The molecule has 1 nitrogen and oxygen atoms in total. The Balaban J connectivity index is 0. The molecule has 0 bridgehead atoms. The van der Waals surface area contributed by atoms with Crippen LogP contribution in [0.15, 0.2) is 0 Å². The first-order chi connectivity index (χ1) is 1.41. The van der Waals surface area contributed by atoms with E-state index in [1.807, 2.05) is 6.92 Å². The maximum absolute atomic E-state index is 4.85. The van der Waals surface area contributed by atoms with Gasteiger partial charge < -0.3 is 5.73 Å². The normalized spacial score (nSPS) is 4.50. The van der Waals surface area contributed by atoms with Gasteiger partial charge in [-0.15, -0.1) is 0 Å². The zero-order valence-corrected chi connectivity index (χ0v) is 6.38. The van der Waals surface area contributed by atoms with E-state index in [1.165, 1.54) is 0 Å². The minimum Gasteiger partial charge on any atom is -0.331 e. The van der Waals surface area contributed by atoms with E-state index in [9.17, 15) is 0 Å². The Morgan fingerprint density at radius 3 is 1.75 bits per heavy atom. The molecule has 0 fully saturated rings. The van der Waals surface area contributed by atoms with Crippen LogP contribution in [0, 0.1) is 0 Å². The van der Waals surface area contributed by atoms with E-state index in [2.05, 4.69) is 0 Å². The summed E-state index contributed by atoms with van der Waals surface area (Å²) in [5.41, 5.74) is 4.85. The van der Waals surface area contributed by atoms with Gasteiger partial charge in [0.15, 0.2) is 0 Å². The molecular weight excluding hydrogens is 217 g/mol. The fourth-order valence-electron chi connectivity index (χ4n) is 0. The Kier molecular flexibility index (Phi) is 20.3. The third-order valence-corrected chi connectivity index (χ3v) is 0. The molecular formula is C2H7HfN. The van der Waals surface area contributed by atoms with Crippen LogP contribution in [0.3, 0.4) is 0 Å². The van der Waals surface area contributed by atoms with Crippen molar-refractivity contribution in [3.63, 3.8) is 0 Å². The Labute approximate surface area is 45.4 Å². The summed E-state index contributed by atoms with van der Waals surface area (Å²) in [7, 11) is 0. The van der Waals surface area contributed by atoms with E-state index in [-0.39, 0.29) is 25.8 Å². The average molecular weight is 224 g/mol. The monoisotopic (exact) mass is 225 g/mol. The zero-order chi connectivity index (χ0) is 2.71. The fraction of sp³-hybridized carbons (Fsp3) is 1.00. The van der Waals surface area contributed by atoms with Gasteiger partial charge in [-0.25, -0.2) is 0 Å². The number of nitrogens with two attached hydrogens (primary N) is 1. The second-order valence-corrected chi connectivity index (χ2v) is 0.408. The van der Waals surface area contributed by atoms with E-state index < -0.39 is 0 Å². The quantitative estimate of drug-likeness (QED) is 0.573. The molecule has 0 amide bonds. The maximum atomic E-state index is 4.85. The summed E-state index contributed by atoms with van der Waals surface area (Å²) in [5.74, 6) is 0. The van der Waals surface area contributed by atoms with Crippen LogP contribution in [-0.4, -0.2) is 6.54 Å². The Bertz CT molecular complexity index is 6.00. The predicted octanol–water partition coefficient (Wildman–Crippen LogP) is -0.0375. The van der Waals surface area contributed by atoms with Crippen LogP contribution >= 0.6 is 0 Å². The molecule has 0 unspecified atom stereocenters. The summed E-state index contributed by atoms with van der Waals surface area (Å²) in [6.07, 6.45) is 0. The van der Waals surface area contributed by atoms with Crippen molar-refractivity contribution in [1.29, 1.82) is 0 Å². The first kappa shape index (κ1) is 8.85. The molecule has 0 heterocycles. The Morgan fingerprint density at radius 1 is 1.75 bits per heavy atom. The van der Waals surface area contributed by atoms with E-state index >= 15 is 0 Å². The molecule has 0 aliphatic heterocycles. The molecule has 24 valence electrons. The topological polar surface area (TPSA) is 26.0 Å². The first-order valence-corrected chi connectivity index (χ1v) is 1.12. The minimum absolute atomic E-state index is 0. The van der Waals surface area contributed by atoms with Crippen LogP contribution in [0.25, 0.3) is 0 Å². The molecule has 2 heteroatoms. The summed E-state index contributed by atoms with van der Waals surface area (Å²) in [4.78, 5) is 0. The molecule has 0 aromatic rings. The molecule has 0 rings (SSSR count). The van der Waals surface area contributed by atoms with E-state index in [0.717, 1.165) is 6.54 Å². The zero-order valence-electron chi connectivity index (χ0n) is 2.78. The molecule has 0 radical (unpaired) electrons. The van der Waals surface area contributed by atoms with Crippen molar-refractivity contribution in [2.75, 3.05) is 6.54 Å². The first-order valence-electron chi connectivity index (χ1n) is 1.12. The van der Waals surface area contributed by atoms with Crippen LogP contribution in [0.5, 0.6) is 0 Å². The van der Waals surface area contributed by atoms with Gasteiger partial charge in [0.1, 0.15) is 0 Å². The second-order valence-electron chi connectivity index (χ2n) is 0.408. The number of hydrogen-bond donors (Lipinski definition) is 1. The van der Waals surface area contributed by atoms with Crippen molar-refractivity contribution in [2.45, 2.75) is 6.92 Å². The third-order valence-electron chi connectivity index (χ3n) is 0.